The summed E-state index contributed by atoms with van der Waals surface area (Å²) in [5.74, 6) is -1.18. The molecule has 0 N–H and O–H groups in total. The van der Waals surface area contributed by atoms with Crippen molar-refractivity contribution in [2.75, 3.05) is 0 Å². The van der Waals surface area contributed by atoms with Crippen molar-refractivity contribution >= 4 is 59.7 Å². The molecule has 0 spiro atoms. The van der Waals surface area contributed by atoms with Crippen LogP contribution in [0.5, 0.6) is 0 Å². The van der Waals surface area contributed by atoms with Gasteiger partial charge in [0.05, 0.1) is 0 Å². The Morgan fingerprint density at radius 3 is 2.20 bits per heavy atom. The summed E-state index contributed by atoms with van der Waals surface area (Å²) < 4.78 is 3.42. The second-order valence-corrected chi connectivity index (χ2v) is 9.83. The summed E-state index contributed by atoms with van der Waals surface area (Å²) >= 11 is 8.92. The fourth-order valence-electron chi connectivity index (χ4n) is 0.908. The maximum Gasteiger partial charge on any atom is 0.352 e. The van der Waals surface area contributed by atoms with Crippen molar-refractivity contribution < 1.29 is 14.3 Å². The SMILES string of the molecule is CCCCCCC(=O)OC(=O)C(Br)(Br)Br. The molecule has 0 aliphatic heterocycles. The summed E-state index contributed by atoms with van der Waals surface area (Å²) in [6.45, 7) is 2.09. The predicted octanol–water partition coefficient (Wildman–Crippen LogP) is 3.87. The Kier molecular flexibility index (Phi) is 8.09. The second-order valence-electron chi connectivity index (χ2n) is 3.07. The van der Waals surface area contributed by atoms with Crippen molar-refractivity contribution in [1.29, 1.82) is 0 Å². The van der Waals surface area contributed by atoms with Crippen LogP contribution >= 0.6 is 47.8 Å². The van der Waals surface area contributed by atoms with E-state index in [4.69, 9.17) is 0 Å². The standard InChI is InChI=1S/C9H13Br3O3/c1-2-3-4-5-6-7(13)15-8(14)9(10,11)12/h2-6H2,1H3. The largest absolute Gasteiger partial charge is 0.391 e. The third-order valence-electron chi connectivity index (χ3n) is 1.67. The van der Waals surface area contributed by atoms with Gasteiger partial charge in [-0.2, -0.15) is 0 Å². The number of carbonyl (C=O) groups is 2. The highest BCUT2D eigenvalue weighted by molar-refractivity contribution is 9.40. The molecule has 0 aromatic rings. The molecule has 0 aromatic carbocycles. The van der Waals surface area contributed by atoms with Gasteiger partial charge in [-0.1, -0.05) is 26.2 Å². The minimum absolute atomic E-state index is 0.287. The molecule has 0 radical (unpaired) electrons. The minimum Gasteiger partial charge on any atom is -0.391 e. The van der Waals surface area contributed by atoms with E-state index in [1.165, 1.54) is 0 Å². The molecular weight excluding hydrogens is 396 g/mol. The lowest BCUT2D eigenvalue weighted by atomic mass is 10.2. The second kappa shape index (κ2) is 7.79. The molecule has 3 nitrogen and oxygen atoms in total. The number of unbranched alkanes of at least 4 members (excludes halogenated alkanes) is 3. The average Bonchev–Trinajstić information content (AvgIpc) is 2.11. The summed E-state index contributed by atoms with van der Waals surface area (Å²) in [5, 5.41) is 0. The van der Waals surface area contributed by atoms with Gasteiger partial charge >= 0.3 is 11.9 Å². The molecule has 0 saturated heterocycles. The first kappa shape index (κ1) is 15.6. The minimum atomic E-state index is -1.16. The number of ether oxygens (including phenoxy) is 1. The van der Waals surface area contributed by atoms with Crippen molar-refractivity contribution in [2.24, 2.45) is 0 Å². The van der Waals surface area contributed by atoms with Gasteiger partial charge in [0.25, 0.3) is 0 Å². The Balaban J connectivity index is 3.71. The summed E-state index contributed by atoms with van der Waals surface area (Å²) in [7, 11) is 0. The maximum atomic E-state index is 11.2. The zero-order valence-electron chi connectivity index (χ0n) is 8.39. The Bertz CT molecular complexity index is 223. The van der Waals surface area contributed by atoms with Crippen LogP contribution in [0.25, 0.3) is 0 Å². The number of halogens is 3. The van der Waals surface area contributed by atoms with Crippen LogP contribution in [0, 0.1) is 0 Å². The number of esters is 2. The van der Waals surface area contributed by atoms with Crippen LogP contribution in [0.2, 0.25) is 0 Å². The first-order valence-electron chi connectivity index (χ1n) is 4.69. The van der Waals surface area contributed by atoms with E-state index < -0.39 is 14.1 Å². The van der Waals surface area contributed by atoms with Gasteiger partial charge in [0.1, 0.15) is 0 Å². The van der Waals surface area contributed by atoms with Gasteiger partial charge in [-0.15, -0.1) is 0 Å². The number of alkyl halides is 3. The van der Waals surface area contributed by atoms with Crippen LogP contribution in [-0.4, -0.2) is 14.1 Å². The van der Waals surface area contributed by atoms with Crippen LogP contribution in [-0.2, 0) is 14.3 Å². The van der Waals surface area contributed by atoms with Crippen LogP contribution in [0.15, 0.2) is 0 Å². The lowest BCUT2D eigenvalue weighted by molar-refractivity contribution is -0.158. The van der Waals surface area contributed by atoms with E-state index in [0.717, 1.165) is 25.7 Å². The van der Waals surface area contributed by atoms with Crippen molar-refractivity contribution in [1.82, 2.24) is 0 Å². The van der Waals surface area contributed by atoms with Crippen LogP contribution in [0.4, 0.5) is 0 Å². The van der Waals surface area contributed by atoms with Gasteiger partial charge in [-0.25, -0.2) is 4.79 Å². The summed E-state index contributed by atoms with van der Waals surface area (Å²) in [5.41, 5.74) is 0. The molecule has 0 bridgehead atoms. The van der Waals surface area contributed by atoms with Crippen molar-refractivity contribution in [2.45, 2.75) is 41.2 Å². The van der Waals surface area contributed by atoms with Gasteiger partial charge < -0.3 is 4.74 Å². The topological polar surface area (TPSA) is 43.4 Å². The Hall–Kier alpha value is 0.580. The smallest absolute Gasteiger partial charge is 0.352 e. The van der Waals surface area contributed by atoms with E-state index >= 15 is 0 Å². The molecule has 0 heterocycles. The van der Waals surface area contributed by atoms with Crippen molar-refractivity contribution in [3.05, 3.63) is 0 Å². The number of carbonyl (C=O) groups excluding carboxylic acids is 2. The zero-order chi connectivity index (χ0) is 11.9. The Labute approximate surface area is 115 Å². The molecule has 0 atom stereocenters. The fourth-order valence-corrected chi connectivity index (χ4v) is 1.15. The third kappa shape index (κ3) is 8.39. The highest BCUT2D eigenvalue weighted by Crippen LogP contribution is 2.34. The van der Waals surface area contributed by atoms with Crippen LogP contribution < -0.4 is 0 Å². The molecule has 0 aliphatic carbocycles. The molecule has 0 saturated carbocycles. The maximum absolute atomic E-state index is 11.2. The molecule has 0 aromatic heterocycles. The summed E-state index contributed by atoms with van der Waals surface area (Å²) in [4.78, 5) is 22.3. The molecular formula is C9H13Br3O3. The van der Waals surface area contributed by atoms with Gasteiger partial charge in [-0.3, -0.25) is 4.79 Å². The number of hydrogen-bond donors (Lipinski definition) is 0. The molecule has 0 rings (SSSR count). The van der Waals surface area contributed by atoms with Crippen LogP contribution in [0.3, 0.4) is 0 Å². The van der Waals surface area contributed by atoms with E-state index in [2.05, 4.69) is 59.5 Å². The van der Waals surface area contributed by atoms with E-state index in [1.807, 2.05) is 0 Å². The van der Waals surface area contributed by atoms with Crippen molar-refractivity contribution in [3.8, 4) is 0 Å². The fraction of sp³-hybridized carbons (Fsp3) is 0.778. The highest BCUT2D eigenvalue weighted by atomic mass is 80.0. The normalized spacial score (nSPS) is 11.2. The number of hydrogen-bond acceptors (Lipinski definition) is 3. The molecule has 6 heteroatoms. The molecule has 15 heavy (non-hydrogen) atoms. The predicted molar refractivity (Wildman–Crippen MR) is 69.4 cm³/mol. The molecule has 0 unspecified atom stereocenters. The van der Waals surface area contributed by atoms with E-state index in [-0.39, 0.29) is 6.42 Å². The highest BCUT2D eigenvalue weighted by Gasteiger charge is 2.32. The molecule has 0 amide bonds. The monoisotopic (exact) mass is 406 g/mol. The van der Waals surface area contributed by atoms with E-state index in [1.54, 1.807) is 0 Å². The van der Waals surface area contributed by atoms with Crippen LogP contribution in [0.1, 0.15) is 39.0 Å². The average molecular weight is 409 g/mol. The van der Waals surface area contributed by atoms with Gasteiger partial charge in [0, 0.05) is 6.42 Å². The Morgan fingerprint density at radius 2 is 1.73 bits per heavy atom. The van der Waals surface area contributed by atoms with Gasteiger partial charge in [0.15, 0.2) is 0 Å². The molecule has 0 aliphatic rings. The quantitative estimate of drug-likeness (QED) is 0.300. The summed E-state index contributed by atoms with van der Waals surface area (Å²) in [6, 6.07) is 0. The van der Waals surface area contributed by atoms with Crippen molar-refractivity contribution in [3.63, 3.8) is 0 Å². The molecule has 88 valence electrons. The Morgan fingerprint density at radius 1 is 1.13 bits per heavy atom. The lowest BCUT2D eigenvalue weighted by Gasteiger charge is -2.09. The van der Waals surface area contributed by atoms with E-state index in [9.17, 15) is 9.59 Å². The lowest BCUT2D eigenvalue weighted by Crippen LogP contribution is -2.23. The first-order valence-corrected chi connectivity index (χ1v) is 7.07. The summed E-state index contributed by atoms with van der Waals surface area (Å²) in [6.07, 6.45) is 4.25. The zero-order valence-corrected chi connectivity index (χ0v) is 13.2. The van der Waals surface area contributed by atoms with Gasteiger partial charge in [-0.05, 0) is 54.2 Å². The third-order valence-corrected chi connectivity index (χ3v) is 2.64. The molecule has 0 fully saturated rings. The van der Waals surface area contributed by atoms with Gasteiger partial charge in [0.2, 0.25) is 2.14 Å². The first-order chi connectivity index (χ1) is 6.88. The van der Waals surface area contributed by atoms with E-state index in [0.29, 0.717) is 0 Å². The number of rotatable bonds is 5.